The van der Waals surface area contributed by atoms with E-state index < -0.39 is 0 Å². The predicted molar refractivity (Wildman–Crippen MR) is 82.8 cm³/mol. The number of nitrogens with zero attached hydrogens (tertiary/aromatic N) is 1. The number of aliphatic hydroxyl groups is 1. The van der Waals surface area contributed by atoms with Gasteiger partial charge >= 0.3 is 0 Å². The predicted octanol–water partition coefficient (Wildman–Crippen LogP) is 3.11. The zero-order valence-electron chi connectivity index (χ0n) is 12.2. The fraction of sp³-hybridized carbons (Fsp3) is 0.667. The Balaban J connectivity index is 1.95. The molecule has 1 fully saturated rings. The van der Waals surface area contributed by atoms with Crippen molar-refractivity contribution in [3.05, 3.63) is 22.4 Å². The number of halogens is 1. The van der Waals surface area contributed by atoms with Gasteiger partial charge in [0, 0.05) is 29.9 Å². The molecule has 1 aliphatic rings. The summed E-state index contributed by atoms with van der Waals surface area (Å²) >= 11 is 3.44. The lowest BCUT2D eigenvalue weighted by Crippen LogP contribution is -2.35. The number of aliphatic hydroxyl groups excluding tert-OH is 1. The first-order valence-electron chi connectivity index (χ1n) is 7.19. The van der Waals surface area contributed by atoms with Crippen LogP contribution >= 0.6 is 15.9 Å². The average molecular weight is 343 g/mol. The maximum atomic E-state index is 12.3. The molecule has 2 N–H and O–H groups in total. The van der Waals surface area contributed by atoms with Gasteiger partial charge in [0.15, 0.2) is 0 Å². The monoisotopic (exact) mass is 342 g/mol. The van der Waals surface area contributed by atoms with Crippen LogP contribution in [0.25, 0.3) is 0 Å². The first-order valence-corrected chi connectivity index (χ1v) is 7.99. The topological polar surface area (TPSA) is 54.3 Å². The van der Waals surface area contributed by atoms with Crippen LogP contribution in [0.1, 0.15) is 56.1 Å². The number of rotatable bonds is 7. The highest BCUT2D eigenvalue weighted by Crippen LogP contribution is 2.37. The van der Waals surface area contributed by atoms with E-state index in [1.165, 1.54) is 0 Å². The van der Waals surface area contributed by atoms with Crippen LogP contribution < -0.4 is 5.32 Å². The molecule has 0 aromatic carbocycles. The molecule has 0 bridgehead atoms. The van der Waals surface area contributed by atoms with Gasteiger partial charge in [0.25, 0.3) is 5.91 Å². The minimum atomic E-state index is -0.0142. The van der Waals surface area contributed by atoms with Crippen LogP contribution in [0.4, 0.5) is 0 Å². The maximum Gasteiger partial charge on any atom is 0.267 e. The van der Waals surface area contributed by atoms with Crippen LogP contribution in [-0.4, -0.2) is 28.7 Å². The molecule has 0 unspecified atom stereocenters. The van der Waals surface area contributed by atoms with Crippen LogP contribution in [0, 0.1) is 5.41 Å². The van der Waals surface area contributed by atoms with Crippen molar-refractivity contribution < 1.29 is 9.90 Å². The van der Waals surface area contributed by atoms with Gasteiger partial charge in [-0.05, 0) is 53.1 Å². The molecule has 1 aromatic heterocycles. The van der Waals surface area contributed by atoms with Gasteiger partial charge in [-0.2, -0.15) is 0 Å². The molecule has 2 rings (SSSR count). The maximum absolute atomic E-state index is 12.3. The van der Waals surface area contributed by atoms with Crippen molar-refractivity contribution in [3.8, 4) is 0 Å². The lowest BCUT2D eigenvalue weighted by atomic mass is 9.88. The molecular weight excluding hydrogens is 320 g/mol. The Morgan fingerprint density at radius 1 is 1.55 bits per heavy atom. The quantitative estimate of drug-likeness (QED) is 0.799. The molecule has 112 valence electrons. The highest BCUT2D eigenvalue weighted by atomic mass is 79.9. The number of carbonyl (C=O) groups excluding carboxylic acids is 1. The Morgan fingerprint density at radius 3 is 2.85 bits per heavy atom. The molecule has 1 aliphatic carbocycles. The molecule has 0 saturated heterocycles. The largest absolute Gasteiger partial charge is 0.396 e. The van der Waals surface area contributed by atoms with Gasteiger partial charge in [-0.15, -0.1) is 0 Å². The van der Waals surface area contributed by atoms with E-state index in [4.69, 9.17) is 5.11 Å². The molecule has 1 amide bonds. The van der Waals surface area contributed by atoms with E-state index in [1.54, 1.807) is 0 Å². The second-order valence-corrected chi connectivity index (χ2v) is 7.27. The lowest BCUT2D eigenvalue weighted by molar-refractivity contribution is 0.0923. The van der Waals surface area contributed by atoms with E-state index in [1.807, 2.05) is 12.3 Å². The van der Waals surface area contributed by atoms with Crippen molar-refractivity contribution in [2.75, 3.05) is 13.2 Å². The highest BCUT2D eigenvalue weighted by molar-refractivity contribution is 9.10. The molecular formula is C15H23BrN2O2. The van der Waals surface area contributed by atoms with Crippen molar-refractivity contribution in [2.24, 2.45) is 5.41 Å². The third-order valence-electron chi connectivity index (χ3n) is 3.73. The van der Waals surface area contributed by atoms with Gasteiger partial charge in [0.2, 0.25) is 0 Å². The van der Waals surface area contributed by atoms with E-state index in [2.05, 4.69) is 39.7 Å². The minimum Gasteiger partial charge on any atom is -0.396 e. The summed E-state index contributed by atoms with van der Waals surface area (Å²) in [6.45, 7) is 5.05. The van der Waals surface area contributed by atoms with E-state index in [-0.39, 0.29) is 17.9 Å². The van der Waals surface area contributed by atoms with Crippen LogP contribution in [0.5, 0.6) is 0 Å². The SMILES string of the molecule is CC(C)(CCCO)CNC(=O)c1cc(Br)cn1C1CC1. The Kier molecular flexibility index (Phi) is 4.91. The highest BCUT2D eigenvalue weighted by Gasteiger charge is 2.28. The van der Waals surface area contributed by atoms with Gasteiger partial charge in [-0.1, -0.05) is 13.8 Å². The van der Waals surface area contributed by atoms with Crippen molar-refractivity contribution in [2.45, 2.75) is 45.6 Å². The smallest absolute Gasteiger partial charge is 0.267 e. The molecule has 1 saturated carbocycles. The standard InChI is InChI=1S/C15H23BrN2O2/c1-15(2,6-3-7-19)10-17-14(20)13-8-11(16)9-18(13)12-4-5-12/h8-9,12,19H,3-7,10H2,1-2H3,(H,17,20). The summed E-state index contributed by atoms with van der Waals surface area (Å²) in [6, 6.07) is 2.37. The average Bonchev–Trinajstić information content (AvgIpc) is 3.17. The zero-order valence-corrected chi connectivity index (χ0v) is 13.7. The van der Waals surface area contributed by atoms with Gasteiger partial charge in [-0.3, -0.25) is 4.79 Å². The van der Waals surface area contributed by atoms with Crippen LogP contribution in [0.3, 0.4) is 0 Å². The molecule has 0 aliphatic heterocycles. The van der Waals surface area contributed by atoms with Gasteiger partial charge in [0.1, 0.15) is 5.69 Å². The number of hydrogen-bond acceptors (Lipinski definition) is 2. The van der Waals surface area contributed by atoms with E-state index in [0.29, 0.717) is 12.6 Å². The fourth-order valence-electron chi connectivity index (χ4n) is 2.34. The Labute approximate surface area is 128 Å². The Bertz CT molecular complexity index is 478. The first-order chi connectivity index (χ1) is 9.43. The van der Waals surface area contributed by atoms with Crippen molar-refractivity contribution in [1.82, 2.24) is 9.88 Å². The summed E-state index contributed by atoms with van der Waals surface area (Å²) in [4.78, 5) is 12.3. The van der Waals surface area contributed by atoms with Gasteiger partial charge < -0.3 is 15.0 Å². The summed E-state index contributed by atoms with van der Waals surface area (Å²) in [5.74, 6) is -0.0142. The molecule has 0 radical (unpaired) electrons. The summed E-state index contributed by atoms with van der Waals surface area (Å²) in [6.07, 6.45) is 5.97. The third kappa shape index (κ3) is 4.09. The summed E-state index contributed by atoms with van der Waals surface area (Å²) < 4.78 is 3.02. The van der Waals surface area contributed by atoms with Crippen molar-refractivity contribution in [3.63, 3.8) is 0 Å². The van der Waals surface area contributed by atoms with Crippen LogP contribution in [-0.2, 0) is 0 Å². The zero-order chi connectivity index (χ0) is 14.8. The van der Waals surface area contributed by atoms with Crippen LogP contribution in [0.2, 0.25) is 0 Å². The number of aromatic nitrogens is 1. The summed E-state index contributed by atoms with van der Waals surface area (Å²) in [5, 5.41) is 11.9. The van der Waals surface area contributed by atoms with Gasteiger partial charge in [-0.25, -0.2) is 0 Å². The molecule has 4 nitrogen and oxygen atoms in total. The molecule has 1 aromatic rings. The first kappa shape index (κ1) is 15.6. The number of amides is 1. The Morgan fingerprint density at radius 2 is 2.25 bits per heavy atom. The molecule has 20 heavy (non-hydrogen) atoms. The van der Waals surface area contributed by atoms with Gasteiger partial charge in [0.05, 0.1) is 0 Å². The van der Waals surface area contributed by atoms with Crippen molar-refractivity contribution in [1.29, 1.82) is 0 Å². The number of nitrogens with one attached hydrogen (secondary N) is 1. The normalized spacial score (nSPS) is 15.4. The third-order valence-corrected chi connectivity index (χ3v) is 4.16. The van der Waals surface area contributed by atoms with E-state index >= 15 is 0 Å². The van der Waals surface area contributed by atoms with E-state index in [9.17, 15) is 4.79 Å². The summed E-state index contributed by atoms with van der Waals surface area (Å²) in [5.41, 5.74) is 0.740. The molecule has 1 heterocycles. The number of carbonyl (C=O) groups is 1. The van der Waals surface area contributed by atoms with Crippen LogP contribution in [0.15, 0.2) is 16.7 Å². The van der Waals surface area contributed by atoms with E-state index in [0.717, 1.165) is 35.8 Å². The second kappa shape index (κ2) is 6.31. The minimum absolute atomic E-state index is 0.00657. The van der Waals surface area contributed by atoms with Crippen molar-refractivity contribution >= 4 is 21.8 Å². The molecule has 5 heteroatoms. The second-order valence-electron chi connectivity index (χ2n) is 6.36. The number of hydrogen-bond donors (Lipinski definition) is 2. The summed E-state index contributed by atoms with van der Waals surface area (Å²) in [7, 11) is 0. The molecule has 0 atom stereocenters. The fourth-order valence-corrected chi connectivity index (χ4v) is 2.78. The lowest BCUT2D eigenvalue weighted by Gasteiger charge is -2.24. The molecule has 0 spiro atoms. The Hall–Kier alpha value is -0.810.